The van der Waals surface area contributed by atoms with Gasteiger partial charge >= 0.3 is 0 Å². The van der Waals surface area contributed by atoms with Crippen LogP contribution in [0, 0.1) is 19.3 Å². The fourth-order valence-corrected chi connectivity index (χ4v) is 4.20. The monoisotopic (exact) mass is 511 g/mol. The maximum atomic E-state index is 12.9. The molecule has 1 aliphatic heterocycles. The minimum Gasteiger partial charge on any atom is -0.493 e. The second-order valence-corrected chi connectivity index (χ2v) is 10.3. The lowest BCUT2D eigenvalue weighted by molar-refractivity contribution is -0.128. The summed E-state index contributed by atoms with van der Waals surface area (Å²) in [5.74, 6) is 0.472. The summed E-state index contributed by atoms with van der Waals surface area (Å²) in [6, 6.07) is 13.2. The van der Waals surface area contributed by atoms with E-state index >= 15 is 0 Å². The van der Waals surface area contributed by atoms with Gasteiger partial charge in [-0.05, 0) is 81.1 Å². The minimum absolute atomic E-state index is 0.0582. The molecule has 0 bridgehead atoms. The van der Waals surface area contributed by atoms with Crippen LogP contribution < -0.4 is 20.7 Å². The summed E-state index contributed by atoms with van der Waals surface area (Å²) in [6.45, 7) is 9.56. The second kappa shape index (κ2) is 12.8. The Hall–Kier alpha value is -2.97. The maximum Gasteiger partial charge on any atom is 0.253 e. The molecule has 2 amide bonds. The number of carbonyl (C=O) groups excluding carboxylic acids is 2. The van der Waals surface area contributed by atoms with Gasteiger partial charge < -0.3 is 25.4 Å². The quantitative estimate of drug-likeness (QED) is 0.310. The molecule has 1 unspecified atom stereocenters. The zero-order chi connectivity index (χ0) is 26.1. The van der Waals surface area contributed by atoms with Gasteiger partial charge in [0.2, 0.25) is 5.91 Å². The fourth-order valence-electron chi connectivity index (χ4n) is 4.00. The van der Waals surface area contributed by atoms with E-state index in [1.807, 2.05) is 45.9 Å². The Balaban J connectivity index is 1.48. The van der Waals surface area contributed by atoms with Crippen molar-refractivity contribution in [3.63, 3.8) is 0 Å². The lowest BCUT2D eigenvalue weighted by Crippen LogP contribution is -2.43. The smallest absolute Gasteiger partial charge is 0.253 e. The number of para-hydroxylation sites is 1. The number of anilines is 1. The molecule has 1 aliphatic rings. The number of nitrogens with one attached hydrogen (secondary N) is 3. The predicted molar refractivity (Wildman–Crippen MR) is 147 cm³/mol. The van der Waals surface area contributed by atoms with Gasteiger partial charge in [-0.25, -0.2) is 0 Å². The summed E-state index contributed by atoms with van der Waals surface area (Å²) in [7, 11) is 0. The Labute approximate surface area is 219 Å². The largest absolute Gasteiger partial charge is 0.493 e. The van der Waals surface area contributed by atoms with E-state index in [0.717, 1.165) is 42.7 Å². The molecule has 1 atom stereocenters. The number of carbonyl (C=O) groups is 2. The van der Waals surface area contributed by atoms with Crippen LogP contribution in [0.1, 0.15) is 61.0 Å². The number of aryl methyl sites for hydroxylation is 2. The normalized spacial score (nSPS) is 15.3. The van der Waals surface area contributed by atoms with E-state index in [1.54, 1.807) is 18.2 Å². The van der Waals surface area contributed by atoms with E-state index in [2.05, 4.69) is 22.0 Å². The molecule has 0 saturated carbocycles. The van der Waals surface area contributed by atoms with Crippen molar-refractivity contribution in [3.8, 4) is 5.75 Å². The summed E-state index contributed by atoms with van der Waals surface area (Å²) >= 11 is 5.39. The highest BCUT2D eigenvalue weighted by Crippen LogP contribution is 2.24. The molecule has 0 radical (unpaired) electrons. The Morgan fingerprint density at radius 3 is 2.69 bits per heavy atom. The highest BCUT2D eigenvalue weighted by Gasteiger charge is 2.28. The van der Waals surface area contributed by atoms with Gasteiger partial charge in [-0.3, -0.25) is 9.59 Å². The van der Waals surface area contributed by atoms with Gasteiger partial charge in [-0.2, -0.15) is 0 Å². The Bertz CT molecular complexity index is 1080. The van der Waals surface area contributed by atoms with Gasteiger partial charge in [0, 0.05) is 18.6 Å². The summed E-state index contributed by atoms with van der Waals surface area (Å²) in [6.07, 6.45) is 3.38. The lowest BCUT2D eigenvalue weighted by Gasteiger charge is -2.24. The Morgan fingerprint density at radius 1 is 1.17 bits per heavy atom. The highest BCUT2D eigenvalue weighted by atomic mass is 32.1. The number of thiocarbonyl (C=S) groups is 1. The summed E-state index contributed by atoms with van der Waals surface area (Å²) in [4.78, 5) is 25.6. The molecule has 3 N–H and O–H groups in total. The fraction of sp³-hybridized carbons (Fsp3) is 0.464. The summed E-state index contributed by atoms with van der Waals surface area (Å²) in [5.41, 5.74) is 2.59. The van der Waals surface area contributed by atoms with Crippen molar-refractivity contribution < 1.29 is 19.1 Å². The molecule has 0 aliphatic carbocycles. The molecule has 194 valence electrons. The molecular formula is C28H37N3O4S. The van der Waals surface area contributed by atoms with Crippen molar-refractivity contribution in [1.29, 1.82) is 0 Å². The average Bonchev–Trinajstić information content (AvgIpc) is 3.36. The number of ether oxygens (including phenoxy) is 2. The number of amides is 2. The van der Waals surface area contributed by atoms with Crippen molar-refractivity contribution in [1.82, 2.24) is 10.6 Å². The predicted octanol–water partition coefficient (Wildman–Crippen LogP) is 4.91. The van der Waals surface area contributed by atoms with Crippen LogP contribution in [0.3, 0.4) is 0 Å². The molecule has 7 nitrogen and oxygen atoms in total. The molecule has 8 heteroatoms. The highest BCUT2D eigenvalue weighted by molar-refractivity contribution is 7.80. The van der Waals surface area contributed by atoms with Crippen LogP contribution in [0.2, 0.25) is 0 Å². The minimum atomic E-state index is -0.644. The average molecular weight is 512 g/mol. The first-order valence-corrected chi connectivity index (χ1v) is 12.9. The standard InChI is InChI=1S/C28H37N3O4S/c1-19-12-13-20(2)24(17-19)35-16-8-14-28(3,4)26(33)31-27(36)30-23-11-6-5-10-22(23)25(32)29-18-21-9-7-15-34-21/h5-6,10-13,17,21H,7-9,14-16,18H2,1-4H3,(H,29,32)(H2,30,31,33,36). The maximum absolute atomic E-state index is 12.9. The Kier molecular flexibility index (Phi) is 9.84. The number of benzene rings is 2. The zero-order valence-corrected chi connectivity index (χ0v) is 22.4. The molecule has 2 aromatic rings. The molecule has 1 saturated heterocycles. The van der Waals surface area contributed by atoms with Crippen LogP contribution in [0.15, 0.2) is 42.5 Å². The van der Waals surface area contributed by atoms with E-state index in [0.29, 0.717) is 30.8 Å². The SMILES string of the molecule is Cc1ccc(C)c(OCCCC(C)(C)C(=O)NC(=S)Nc2ccccc2C(=O)NCC2CCCO2)c1. The van der Waals surface area contributed by atoms with Gasteiger partial charge in [0.25, 0.3) is 5.91 Å². The van der Waals surface area contributed by atoms with Gasteiger partial charge in [0.15, 0.2) is 5.11 Å². The van der Waals surface area contributed by atoms with Crippen molar-refractivity contribution in [3.05, 3.63) is 59.2 Å². The third kappa shape index (κ3) is 8.03. The van der Waals surface area contributed by atoms with E-state index in [9.17, 15) is 9.59 Å². The van der Waals surface area contributed by atoms with Crippen LogP contribution in [-0.2, 0) is 9.53 Å². The molecule has 0 aromatic heterocycles. The summed E-state index contributed by atoms with van der Waals surface area (Å²) < 4.78 is 11.5. The third-order valence-electron chi connectivity index (χ3n) is 6.32. The van der Waals surface area contributed by atoms with Gasteiger partial charge in [-0.15, -0.1) is 0 Å². The number of rotatable bonds is 10. The van der Waals surface area contributed by atoms with E-state index < -0.39 is 5.41 Å². The topological polar surface area (TPSA) is 88.7 Å². The summed E-state index contributed by atoms with van der Waals surface area (Å²) in [5, 5.41) is 8.85. The first-order chi connectivity index (χ1) is 17.2. The van der Waals surface area contributed by atoms with Gasteiger partial charge in [0.1, 0.15) is 5.75 Å². The zero-order valence-electron chi connectivity index (χ0n) is 21.6. The number of hydrogen-bond donors (Lipinski definition) is 3. The molecule has 36 heavy (non-hydrogen) atoms. The van der Waals surface area contributed by atoms with Crippen LogP contribution >= 0.6 is 12.2 Å². The van der Waals surface area contributed by atoms with Crippen LogP contribution in [0.25, 0.3) is 0 Å². The molecule has 3 rings (SSSR count). The Morgan fingerprint density at radius 2 is 1.94 bits per heavy atom. The molecule has 2 aromatic carbocycles. The molecular weight excluding hydrogens is 474 g/mol. The molecule has 1 fully saturated rings. The lowest BCUT2D eigenvalue weighted by atomic mass is 9.87. The van der Waals surface area contributed by atoms with Crippen molar-refractivity contribution in [2.75, 3.05) is 25.1 Å². The van der Waals surface area contributed by atoms with Crippen molar-refractivity contribution in [2.24, 2.45) is 5.41 Å². The second-order valence-electron chi connectivity index (χ2n) is 9.90. The number of hydrogen-bond acceptors (Lipinski definition) is 5. The van der Waals surface area contributed by atoms with Crippen molar-refractivity contribution in [2.45, 2.75) is 59.5 Å². The van der Waals surface area contributed by atoms with Crippen LogP contribution in [0.5, 0.6) is 5.75 Å². The first kappa shape index (κ1) is 27.6. The molecule has 0 spiro atoms. The van der Waals surface area contributed by atoms with Gasteiger partial charge in [0.05, 0.1) is 24.0 Å². The molecule has 1 heterocycles. The van der Waals surface area contributed by atoms with E-state index in [4.69, 9.17) is 21.7 Å². The first-order valence-electron chi connectivity index (χ1n) is 12.5. The van der Waals surface area contributed by atoms with Crippen molar-refractivity contribution >= 4 is 34.8 Å². The van der Waals surface area contributed by atoms with Crippen LogP contribution in [0.4, 0.5) is 5.69 Å². The van der Waals surface area contributed by atoms with E-state index in [1.165, 1.54) is 0 Å². The third-order valence-corrected chi connectivity index (χ3v) is 6.53. The van der Waals surface area contributed by atoms with Crippen LogP contribution in [-0.4, -0.2) is 42.8 Å². The van der Waals surface area contributed by atoms with E-state index in [-0.39, 0.29) is 23.0 Å². The van der Waals surface area contributed by atoms with Gasteiger partial charge in [-0.1, -0.05) is 38.1 Å².